The predicted molar refractivity (Wildman–Crippen MR) is 67.4 cm³/mol. The van der Waals surface area contributed by atoms with Gasteiger partial charge in [-0.3, -0.25) is 10.1 Å². The predicted octanol–water partition coefficient (Wildman–Crippen LogP) is 2.12. The monoisotopic (exact) mass is 236 g/mol. The summed E-state index contributed by atoms with van der Waals surface area (Å²) in [7, 11) is 0. The molecule has 96 valence electrons. The van der Waals surface area contributed by atoms with E-state index in [1.165, 1.54) is 19.3 Å². The van der Waals surface area contributed by atoms with Crippen molar-refractivity contribution >= 4 is 5.91 Å². The highest BCUT2D eigenvalue weighted by Crippen LogP contribution is 2.45. The third kappa shape index (κ3) is 1.70. The van der Waals surface area contributed by atoms with Gasteiger partial charge in [-0.1, -0.05) is 13.8 Å². The molecule has 0 aromatic heterocycles. The minimum atomic E-state index is -0.137. The van der Waals surface area contributed by atoms with Crippen molar-refractivity contribution in [3.63, 3.8) is 0 Å². The van der Waals surface area contributed by atoms with Gasteiger partial charge in [0.25, 0.3) is 0 Å². The lowest BCUT2D eigenvalue weighted by Gasteiger charge is -2.40. The first-order valence-corrected chi connectivity index (χ1v) is 7.14. The fourth-order valence-electron chi connectivity index (χ4n) is 3.94. The van der Waals surface area contributed by atoms with Crippen LogP contribution in [-0.2, 0) is 4.79 Å². The maximum Gasteiger partial charge on any atom is 0.244 e. The molecule has 3 nitrogen and oxygen atoms in total. The minimum Gasteiger partial charge on any atom is -0.323 e. The Balaban J connectivity index is 1.77. The maximum absolute atomic E-state index is 12.5. The number of nitrogens with zero attached hydrogens (tertiary/aromatic N) is 1. The first kappa shape index (κ1) is 11.5. The number of amides is 1. The molecule has 1 saturated heterocycles. The fraction of sp³-hybridized carbons (Fsp3) is 0.929. The molecule has 1 aliphatic heterocycles. The maximum atomic E-state index is 12.5. The molecule has 1 amide bonds. The van der Waals surface area contributed by atoms with Crippen LogP contribution in [0.4, 0.5) is 0 Å². The summed E-state index contributed by atoms with van der Waals surface area (Å²) in [5.41, 5.74) is -0.137. The summed E-state index contributed by atoms with van der Waals surface area (Å²) in [6, 6.07) is 0.473. The van der Waals surface area contributed by atoms with E-state index in [4.69, 9.17) is 0 Å². The van der Waals surface area contributed by atoms with Gasteiger partial charge in [-0.15, -0.1) is 0 Å². The molecule has 0 radical (unpaired) electrons. The summed E-state index contributed by atoms with van der Waals surface area (Å²) in [6.45, 7) is 6.80. The van der Waals surface area contributed by atoms with Crippen molar-refractivity contribution in [2.45, 2.75) is 70.6 Å². The van der Waals surface area contributed by atoms with E-state index >= 15 is 0 Å². The Labute approximate surface area is 104 Å². The minimum absolute atomic E-state index is 0.137. The summed E-state index contributed by atoms with van der Waals surface area (Å²) >= 11 is 0. The van der Waals surface area contributed by atoms with E-state index < -0.39 is 0 Å². The Hall–Kier alpha value is -0.570. The lowest BCUT2D eigenvalue weighted by molar-refractivity contribution is -0.134. The number of hydrogen-bond donors (Lipinski definition) is 1. The van der Waals surface area contributed by atoms with Gasteiger partial charge in [0.05, 0.1) is 11.7 Å². The lowest BCUT2D eigenvalue weighted by atomic mass is 9.79. The highest BCUT2D eigenvalue weighted by Gasteiger charge is 2.59. The van der Waals surface area contributed by atoms with Crippen LogP contribution in [0.3, 0.4) is 0 Å². The number of carbonyl (C=O) groups is 1. The molecule has 2 saturated carbocycles. The first-order valence-electron chi connectivity index (χ1n) is 7.14. The van der Waals surface area contributed by atoms with Crippen molar-refractivity contribution in [2.75, 3.05) is 0 Å². The van der Waals surface area contributed by atoms with E-state index in [1.807, 2.05) is 0 Å². The van der Waals surface area contributed by atoms with Crippen molar-refractivity contribution in [1.29, 1.82) is 0 Å². The fourth-order valence-corrected chi connectivity index (χ4v) is 3.94. The molecule has 2 aliphatic carbocycles. The summed E-state index contributed by atoms with van der Waals surface area (Å²) < 4.78 is 0. The van der Waals surface area contributed by atoms with E-state index in [0.717, 1.165) is 18.8 Å². The molecule has 1 heterocycles. The van der Waals surface area contributed by atoms with Crippen molar-refractivity contribution in [3.8, 4) is 0 Å². The van der Waals surface area contributed by atoms with Gasteiger partial charge in [-0.05, 0) is 50.9 Å². The summed E-state index contributed by atoms with van der Waals surface area (Å²) in [4.78, 5) is 14.7. The number of nitrogens with one attached hydrogen (secondary N) is 1. The number of hydrogen-bond acceptors (Lipinski definition) is 2. The molecule has 3 fully saturated rings. The normalized spacial score (nSPS) is 44.4. The highest BCUT2D eigenvalue weighted by molar-refractivity contribution is 5.92. The largest absolute Gasteiger partial charge is 0.323 e. The molecule has 3 aliphatic rings. The first-order chi connectivity index (χ1) is 8.03. The van der Waals surface area contributed by atoms with E-state index in [-0.39, 0.29) is 11.7 Å². The zero-order valence-electron chi connectivity index (χ0n) is 11.2. The Kier molecular flexibility index (Phi) is 2.51. The van der Waals surface area contributed by atoms with Crippen molar-refractivity contribution in [2.24, 2.45) is 11.8 Å². The number of rotatable bonds is 1. The van der Waals surface area contributed by atoms with Crippen LogP contribution in [0.5, 0.6) is 0 Å². The Morgan fingerprint density at radius 2 is 1.94 bits per heavy atom. The Morgan fingerprint density at radius 3 is 2.47 bits per heavy atom. The second kappa shape index (κ2) is 3.71. The molecule has 3 rings (SSSR count). The Bertz CT molecular complexity index is 337. The molecule has 3 heteroatoms. The molecule has 0 bridgehead atoms. The van der Waals surface area contributed by atoms with Crippen LogP contribution in [0, 0.1) is 11.8 Å². The third-order valence-electron chi connectivity index (χ3n) is 5.04. The number of carbonyl (C=O) groups excluding carboxylic acids is 1. The van der Waals surface area contributed by atoms with Crippen LogP contribution in [-0.4, -0.2) is 28.6 Å². The van der Waals surface area contributed by atoms with Gasteiger partial charge in [0.2, 0.25) is 5.91 Å². The average Bonchev–Trinajstić information content (AvgIpc) is 2.97. The highest BCUT2D eigenvalue weighted by atomic mass is 16.2. The van der Waals surface area contributed by atoms with E-state index in [9.17, 15) is 4.79 Å². The van der Waals surface area contributed by atoms with E-state index in [1.54, 1.807) is 0 Å². The molecular weight excluding hydrogens is 212 g/mol. The molecule has 4 unspecified atom stereocenters. The van der Waals surface area contributed by atoms with E-state index in [0.29, 0.717) is 17.9 Å². The van der Waals surface area contributed by atoms with Crippen molar-refractivity contribution in [1.82, 2.24) is 10.2 Å². The molecule has 17 heavy (non-hydrogen) atoms. The molecule has 1 N–H and O–H groups in total. The SMILES string of the molecule is CC1CCC(N2C(=O)C3(CC3)NC2C)C(C)C1. The lowest BCUT2D eigenvalue weighted by Crippen LogP contribution is -2.48. The summed E-state index contributed by atoms with van der Waals surface area (Å²) in [5.74, 6) is 1.87. The third-order valence-corrected chi connectivity index (χ3v) is 5.04. The van der Waals surface area contributed by atoms with Crippen molar-refractivity contribution in [3.05, 3.63) is 0 Å². The van der Waals surface area contributed by atoms with Crippen LogP contribution in [0.25, 0.3) is 0 Å². The standard InChI is InChI=1S/C14H24N2O/c1-9-4-5-12(10(2)8-9)16-11(3)15-14(6-7-14)13(16)17/h9-12,15H,4-8H2,1-3H3. The van der Waals surface area contributed by atoms with Gasteiger partial charge in [-0.25, -0.2) is 0 Å². The van der Waals surface area contributed by atoms with Gasteiger partial charge < -0.3 is 4.90 Å². The van der Waals surface area contributed by atoms with Crippen LogP contribution >= 0.6 is 0 Å². The van der Waals surface area contributed by atoms with Gasteiger partial charge in [-0.2, -0.15) is 0 Å². The van der Waals surface area contributed by atoms with Gasteiger partial charge >= 0.3 is 0 Å². The van der Waals surface area contributed by atoms with Crippen LogP contribution < -0.4 is 5.32 Å². The second-order valence-corrected chi connectivity index (χ2v) is 6.58. The molecule has 0 aromatic carbocycles. The molecular formula is C14H24N2O. The van der Waals surface area contributed by atoms with Crippen LogP contribution in [0.2, 0.25) is 0 Å². The quantitative estimate of drug-likeness (QED) is 0.756. The second-order valence-electron chi connectivity index (χ2n) is 6.58. The molecule has 1 spiro atoms. The zero-order valence-corrected chi connectivity index (χ0v) is 11.2. The average molecular weight is 236 g/mol. The van der Waals surface area contributed by atoms with Crippen molar-refractivity contribution < 1.29 is 4.79 Å². The smallest absolute Gasteiger partial charge is 0.244 e. The Morgan fingerprint density at radius 1 is 1.24 bits per heavy atom. The van der Waals surface area contributed by atoms with Gasteiger partial charge in [0, 0.05) is 6.04 Å². The molecule has 0 aromatic rings. The van der Waals surface area contributed by atoms with E-state index in [2.05, 4.69) is 31.0 Å². The van der Waals surface area contributed by atoms with Crippen LogP contribution in [0.1, 0.15) is 52.9 Å². The zero-order chi connectivity index (χ0) is 12.2. The summed E-state index contributed by atoms with van der Waals surface area (Å²) in [5, 5.41) is 3.51. The van der Waals surface area contributed by atoms with Crippen LogP contribution in [0.15, 0.2) is 0 Å². The topological polar surface area (TPSA) is 32.3 Å². The van der Waals surface area contributed by atoms with Gasteiger partial charge in [0.1, 0.15) is 0 Å². The van der Waals surface area contributed by atoms with Gasteiger partial charge in [0.15, 0.2) is 0 Å². The summed E-state index contributed by atoms with van der Waals surface area (Å²) in [6.07, 6.45) is 6.07. The molecule has 4 atom stereocenters.